The van der Waals surface area contributed by atoms with Gasteiger partial charge >= 0.3 is 0 Å². The number of nitrogens with one attached hydrogen (secondary N) is 1. The molecule has 2 nitrogen and oxygen atoms in total. The number of likely N-dealkylation sites (tertiary alicyclic amines) is 1. The van der Waals surface area contributed by atoms with Gasteiger partial charge in [-0.1, -0.05) is 34.1 Å². The Kier molecular flexibility index (Phi) is 3.97. The maximum atomic E-state index is 3.76. The zero-order chi connectivity index (χ0) is 13.3. The Morgan fingerprint density at radius 3 is 2.68 bits per heavy atom. The topological polar surface area (TPSA) is 15.3 Å². The maximum absolute atomic E-state index is 3.76. The molecule has 104 valence electrons. The summed E-state index contributed by atoms with van der Waals surface area (Å²) < 4.78 is 1.28. The second-order valence-corrected chi connectivity index (χ2v) is 7.05. The second kappa shape index (κ2) is 5.55. The first-order chi connectivity index (χ1) is 9.21. The monoisotopic (exact) mass is 322 g/mol. The van der Waals surface area contributed by atoms with Crippen molar-refractivity contribution in [1.29, 1.82) is 0 Å². The van der Waals surface area contributed by atoms with Crippen molar-refractivity contribution < 1.29 is 0 Å². The average molecular weight is 323 g/mol. The molecule has 0 amide bonds. The molecule has 1 unspecified atom stereocenters. The molecule has 0 aromatic heterocycles. The van der Waals surface area contributed by atoms with Crippen LogP contribution >= 0.6 is 15.9 Å². The molecule has 2 saturated heterocycles. The summed E-state index contributed by atoms with van der Waals surface area (Å²) in [7, 11) is 2.25. The second-order valence-electron chi connectivity index (χ2n) is 6.19. The molecular weight excluding hydrogens is 300 g/mol. The van der Waals surface area contributed by atoms with Crippen molar-refractivity contribution in [3.63, 3.8) is 0 Å². The zero-order valence-electron chi connectivity index (χ0n) is 11.7. The van der Waals surface area contributed by atoms with E-state index in [9.17, 15) is 0 Å². The fraction of sp³-hybridized carbons (Fsp3) is 0.625. The van der Waals surface area contributed by atoms with Crippen molar-refractivity contribution in [2.24, 2.45) is 5.41 Å². The molecule has 2 aliphatic heterocycles. The summed E-state index contributed by atoms with van der Waals surface area (Å²) in [6, 6.07) is 8.79. The van der Waals surface area contributed by atoms with Gasteiger partial charge in [-0.2, -0.15) is 0 Å². The predicted molar refractivity (Wildman–Crippen MR) is 83.5 cm³/mol. The Morgan fingerprint density at radius 2 is 1.95 bits per heavy atom. The van der Waals surface area contributed by atoms with Gasteiger partial charge in [0.25, 0.3) is 0 Å². The molecule has 1 aromatic rings. The first kappa shape index (κ1) is 13.6. The third kappa shape index (κ3) is 2.61. The van der Waals surface area contributed by atoms with Gasteiger partial charge in [0.15, 0.2) is 0 Å². The van der Waals surface area contributed by atoms with E-state index < -0.39 is 0 Å². The summed E-state index contributed by atoms with van der Waals surface area (Å²) >= 11 is 3.76. The highest BCUT2D eigenvalue weighted by atomic mass is 79.9. The van der Waals surface area contributed by atoms with Crippen molar-refractivity contribution in [3.05, 3.63) is 34.3 Å². The highest BCUT2D eigenvalue weighted by Crippen LogP contribution is 2.49. The van der Waals surface area contributed by atoms with E-state index in [2.05, 4.69) is 57.5 Å². The first-order valence-electron chi connectivity index (χ1n) is 7.35. The number of benzene rings is 1. The van der Waals surface area contributed by atoms with Crippen LogP contribution in [0.15, 0.2) is 28.7 Å². The van der Waals surface area contributed by atoms with E-state index in [-0.39, 0.29) is 0 Å². The average Bonchev–Trinajstić information content (AvgIpc) is 2.44. The van der Waals surface area contributed by atoms with Crippen molar-refractivity contribution in [1.82, 2.24) is 10.2 Å². The Balaban J connectivity index is 1.91. The number of hydrogen-bond donors (Lipinski definition) is 1. The van der Waals surface area contributed by atoms with Crippen molar-refractivity contribution in [2.45, 2.75) is 25.2 Å². The summed E-state index contributed by atoms with van der Waals surface area (Å²) in [6.45, 7) is 4.82. The van der Waals surface area contributed by atoms with E-state index in [0.717, 1.165) is 6.54 Å². The molecule has 2 aliphatic rings. The molecule has 3 rings (SSSR count). The molecule has 3 heteroatoms. The third-order valence-corrected chi connectivity index (χ3v) is 5.87. The Hall–Kier alpha value is -0.380. The molecule has 0 aliphatic carbocycles. The van der Waals surface area contributed by atoms with Crippen molar-refractivity contribution in [3.8, 4) is 0 Å². The van der Waals surface area contributed by atoms with Gasteiger partial charge < -0.3 is 10.2 Å². The molecule has 2 fully saturated rings. The van der Waals surface area contributed by atoms with Crippen LogP contribution in [0.4, 0.5) is 0 Å². The van der Waals surface area contributed by atoms with Gasteiger partial charge in [0, 0.05) is 16.9 Å². The van der Waals surface area contributed by atoms with Crippen LogP contribution in [0.3, 0.4) is 0 Å². The minimum absolute atomic E-state index is 0.516. The minimum atomic E-state index is 0.516. The lowest BCUT2D eigenvalue weighted by Crippen LogP contribution is -2.49. The van der Waals surface area contributed by atoms with Gasteiger partial charge in [-0.05, 0) is 63.0 Å². The van der Waals surface area contributed by atoms with Crippen LogP contribution in [0.25, 0.3) is 0 Å². The molecular formula is C16H23BrN2. The normalized spacial score (nSPS) is 27.6. The first-order valence-corrected chi connectivity index (χ1v) is 8.14. The van der Waals surface area contributed by atoms with Crippen LogP contribution in [0.5, 0.6) is 0 Å². The molecule has 1 aromatic carbocycles. The molecule has 0 radical (unpaired) electrons. The smallest absolute Gasteiger partial charge is 0.0210 e. The standard InChI is InChI=1S/C16H23BrN2/c1-19-10-7-16(8-11-19)6-9-18-12-14(16)13-4-2-3-5-15(13)17/h2-5,14,18H,6-12H2,1H3. The Morgan fingerprint density at radius 1 is 1.21 bits per heavy atom. The molecule has 1 spiro atoms. The van der Waals surface area contributed by atoms with Crippen LogP contribution in [-0.4, -0.2) is 38.1 Å². The lowest BCUT2D eigenvalue weighted by molar-refractivity contribution is 0.0649. The molecule has 1 N–H and O–H groups in total. The lowest BCUT2D eigenvalue weighted by atomic mass is 9.63. The van der Waals surface area contributed by atoms with E-state index in [1.165, 1.54) is 48.9 Å². The van der Waals surface area contributed by atoms with Gasteiger partial charge in [-0.3, -0.25) is 0 Å². The summed E-state index contributed by atoms with van der Waals surface area (Å²) in [6.07, 6.45) is 4.02. The van der Waals surface area contributed by atoms with E-state index in [1.54, 1.807) is 0 Å². The molecule has 0 saturated carbocycles. The number of piperidine rings is 2. The minimum Gasteiger partial charge on any atom is -0.316 e. The zero-order valence-corrected chi connectivity index (χ0v) is 13.2. The third-order valence-electron chi connectivity index (χ3n) is 5.15. The quantitative estimate of drug-likeness (QED) is 0.853. The summed E-state index contributed by atoms with van der Waals surface area (Å²) in [5.74, 6) is 0.658. The van der Waals surface area contributed by atoms with Gasteiger partial charge in [-0.25, -0.2) is 0 Å². The highest BCUT2D eigenvalue weighted by Gasteiger charge is 2.43. The van der Waals surface area contributed by atoms with Crippen LogP contribution in [0, 0.1) is 5.41 Å². The predicted octanol–water partition coefficient (Wildman–Crippen LogP) is 3.24. The van der Waals surface area contributed by atoms with E-state index in [1.807, 2.05) is 0 Å². The Labute approximate surface area is 124 Å². The van der Waals surface area contributed by atoms with Crippen LogP contribution in [0.2, 0.25) is 0 Å². The van der Waals surface area contributed by atoms with Gasteiger partial charge in [0.05, 0.1) is 0 Å². The van der Waals surface area contributed by atoms with E-state index in [4.69, 9.17) is 0 Å². The molecule has 0 bridgehead atoms. The van der Waals surface area contributed by atoms with Crippen LogP contribution in [-0.2, 0) is 0 Å². The number of rotatable bonds is 1. The lowest BCUT2D eigenvalue weighted by Gasteiger charge is -2.49. The fourth-order valence-electron chi connectivity index (χ4n) is 3.83. The highest BCUT2D eigenvalue weighted by molar-refractivity contribution is 9.10. The Bertz CT molecular complexity index is 438. The fourth-order valence-corrected chi connectivity index (χ4v) is 4.40. The SMILES string of the molecule is CN1CCC2(CCNCC2c2ccccc2Br)CC1. The van der Waals surface area contributed by atoms with Gasteiger partial charge in [0.1, 0.15) is 0 Å². The van der Waals surface area contributed by atoms with Crippen LogP contribution in [0.1, 0.15) is 30.7 Å². The van der Waals surface area contributed by atoms with E-state index >= 15 is 0 Å². The van der Waals surface area contributed by atoms with Gasteiger partial charge in [-0.15, -0.1) is 0 Å². The molecule has 2 heterocycles. The largest absolute Gasteiger partial charge is 0.316 e. The molecule has 19 heavy (non-hydrogen) atoms. The number of halogens is 1. The summed E-state index contributed by atoms with van der Waals surface area (Å²) in [4.78, 5) is 2.48. The van der Waals surface area contributed by atoms with Crippen LogP contribution < -0.4 is 5.32 Å². The molecule has 1 atom stereocenters. The van der Waals surface area contributed by atoms with Gasteiger partial charge in [0.2, 0.25) is 0 Å². The van der Waals surface area contributed by atoms with E-state index in [0.29, 0.717) is 11.3 Å². The van der Waals surface area contributed by atoms with Crippen molar-refractivity contribution in [2.75, 3.05) is 33.2 Å². The summed E-state index contributed by atoms with van der Waals surface area (Å²) in [5, 5.41) is 3.61. The van der Waals surface area contributed by atoms with Crippen molar-refractivity contribution >= 4 is 15.9 Å². The maximum Gasteiger partial charge on any atom is 0.0210 e. The summed E-state index contributed by atoms with van der Waals surface area (Å²) in [5.41, 5.74) is 2.01. The number of hydrogen-bond acceptors (Lipinski definition) is 2. The number of nitrogens with zero attached hydrogens (tertiary/aromatic N) is 1.